The summed E-state index contributed by atoms with van der Waals surface area (Å²) in [4.78, 5) is 3.98. The maximum Gasteiger partial charge on any atom is 0.119 e. The van der Waals surface area contributed by atoms with E-state index in [2.05, 4.69) is 4.98 Å². The Bertz CT molecular complexity index is 451. The van der Waals surface area contributed by atoms with E-state index >= 15 is 0 Å². The van der Waals surface area contributed by atoms with Crippen molar-refractivity contribution in [3.8, 4) is 5.75 Å². The van der Waals surface area contributed by atoms with Crippen LogP contribution in [0, 0.1) is 0 Å². The molecular weight excluding hydrogens is 214 g/mol. The first kappa shape index (κ1) is 11.7. The van der Waals surface area contributed by atoms with Crippen molar-refractivity contribution in [2.24, 2.45) is 5.73 Å². The smallest absolute Gasteiger partial charge is 0.119 e. The number of hydrogen-bond acceptors (Lipinski definition) is 3. The highest BCUT2D eigenvalue weighted by atomic mass is 16.5. The third-order valence-electron chi connectivity index (χ3n) is 2.56. The molecule has 2 aromatic rings. The molecule has 90 valence electrons. The minimum absolute atomic E-state index is 0.0344. The van der Waals surface area contributed by atoms with Crippen LogP contribution in [0.25, 0.3) is 0 Å². The van der Waals surface area contributed by atoms with Crippen LogP contribution in [0.5, 0.6) is 5.75 Å². The van der Waals surface area contributed by atoms with Gasteiger partial charge in [0.1, 0.15) is 12.4 Å². The van der Waals surface area contributed by atoms with Crippen molar-refractivity contribution in [3.05, 3.63) is 48.5 Å². The lowest BCUT2D eigenvalue weighted by Crippen LogP contribution is -2.08. The molecule has 2 N–H and O–H groups in total. The predicted octanol–water partition coefficient (Wildman–Crippen LogP) is 1.98. The monoisotopic (exact) mass is 231 g/mol. The van der Waals surface area contributed by atoms with E-state index in [1.54, 1.807) is 12.5 Å². The third kappa shape index (κ3) is 3.32. The van der Waals surface area contributed by atoms with Gasteiger partial charge in [-0.25, -0.2) is 4.98 Å². The van der Waals surface area contributed by atoms with E-state index < -0.39 is 0 Å². The summed E-state index contributed by atoms with van der Waals surface area (Å²) in [6.07, 6.45) is 5.46. The molecule has 0 bridgehead atoms. The molecule has 0 aliphatic rings. The van der Waals surface area contributed by atoms with E-state index in [0.29, 0.717) is 6.61 Å². The summed E-state index contributed by atoms with van der Waals surface area (Å²) in [5.41, 5.74) is 6.91. The minimum atomic E-state index is 0.0344. The summed E-state index contributed by atoms with van der Waals surface area (Å²) in [5, 5.41) is 0. The molecular formula is C13H17N3O. The molecule has 1 aromatic carbocycles. The van der Waals surface area contributed by atoms with Crippen molar-refractivity contribution in [2.45, 2.75) is 19.5 Å². The highest BCUT2D eigenvalue weighted by Crippen LogP contribution is 2.17. The molecule has 0 spiro atoms. The van der Waals surface area contributed by atoms with Crippen LogP contribution in [0.2, 0.25) is 0 Å². The SMILES string of the molecule is CC(N)c1cccc(OCCn2ccnc2)c1. The van der Waals surface area contributed by atoms with Crippen molar-refractivity contribution in [1.82, 2.24) is 9.55 Å². The van der Waals surface area contributed by atoms with Crippen LogP contribution in [-0.2, 0) is 6.54 Å². The fraction of sp³-hybridized carbons (Fsp3) is 0.308. The summed E-state index contributed by atoms with van der Waals surface area (Å²) < 4.78 is 7.65. The number of hydrogen-bond donors (Lipinski definition) is 1. The van der Waals surface area contributed by atoms with Gasteiger partial charge < -0.3 is 15.0 Å². The van der Waals surface area contributed by atoms with Crippen LogP contribution in [-0.4, -0.2) is 16.2 Å². The highest BCUT2D eigenvalue weighted by Gasteiger charge is 2.01. The molecule has 0 fully saturated rings. The fourth-order valence-corrected chi connectivity index (χ4v) is 1.58. The largest absolute Gasteiger partial charge is 0.492 e. The van der Waals surface area contributed by atoms with Crippen molar-refractivity contribution in [1.29, 1.82) is 0 Å². The van der Waals surface area contributed by atoms with Crippen LogP contribution in [0.4, 0.5) is 0 Å². The van der Waals surface area contributed by atoms with Crippen molar-refractivity contribution in [3.63, 3.8) is 0 Å². The molecule has 0 aliphatic carbocycles. The fourth-order valence-electron chi connectivity index (χ4n) is 1.58. The summed E-state index contributed by atoms with van der Waals surface area (Å²) in [6.45, 7) is 3.38. The van der Waals surface area contributed by atoms with Gasteiger partial charge in [0, 0.05) is 18.4 Å². The van der Waals surface area contributed by atoms with E-state index in [1.165, 1.54) is 0 Å². The van der Waals surface area contributed by atoms with Gasteiger partial charge in [0.05, 0.1) is 12.9 Å². The van der Waals surface area contributed by atoms with Crippen molar-refractivity contribution >= 4 is 0 Å². The quantitative estimate of drug-likeness (QED) is 0.856. The van der Waals surface area contributed by atoms with Crippen molar-refractivity contribution in [2.75, 3.05) is 6.61 Å². The Morgan fingerprint density at radius 2 is 2.35 bits per heavy atom. The van der Waals surface area contributed by atoms with E-state index in [-0.39, 0.29) is 6.04 Å². The second-order valence-corrected chi connectivity index (χ2v) is 4.01. The Morgan fingerprint density at radius 3 is 3.06 bits per heavy atom. The number of nitrogens with zero attached hydrogens (tertiary/aromatic N) is 2. The minimum Gasteiger partial charge on any atom is -0.492 e. The van der Waals surface area contributed by atoms with Gasteiger partial charge in [0.2, 0.25) is 0 Å². The zero-order valence-electron chi connectivity index (χ0n) is 9.91. The highest BCUT2D eigenvalue weighted by molar-refractivity contribution is 5.30. The standard InChI is InChI=1S/C13H17N3O/c1-11(14)12-3-2-4-13(9-12)17-8-7-16-6-5-15-10-16/h2-6,9-11H,7-8,14H2,1H3. The average Bonchev–Trinajstić information content (AvgIpc) is 2.82. The molecule has 1 atom stereocenters. The average molecular weight is 231 g/mol. The second-order valence-electron chi connectivity index (χ2n) is 4.01. The van der Waals surface area contributed by atoms with Gasteiger partial charge in [-0.3, -0.25) is 0 Å². The van der Waals surface area contributed by atoms with Gasteiger partial charge in [0.15, 0.2) is 0 Å². The molecule has 0 aliphatic heterocycles. The lowest BCUT2D eigenvalue weighted by atomic mass is 10.1. The number of aromatic nitrogens is 2. The van der Waals surface area contributed by atoms with Crippen LogP contribution in [0.1, 0.15) is 18.5 Å². The van der Waals surface area contributed by atoms with Crippen LogP contribution < -0.4 is 10.5 Å². The van der Waals surface area contributed by atoms with E-state index in [9.17, 15) is 0 Å². The zero-order valence-corrected chi connectivity index (χ0v) is 9.91. The first-order chi connectivity index (χ1) is 8.25. The van der Waals surface area contributed by atoms with Crippen LogP contribution in [0.3, 0.4) is 0 Å². The number of nitrogens with two attached hydrogens (primary N) is 1. The summed E-state index contributed by atoms with van der Waals surface area (Å²) >= 11 is 0. The molecule has 4 nitrogen and oxygen atoms in total. The molecule has 2 rings (SSSR count). The Kier molecular flexibility index (Phi) is 3.77. The third-order valence-corrected chi connectivity index (χ3v) is 2.56. The first-order valence-corrected chi connectivity index (χ1v) is 5.70. The maximum atomic E-state index is 5.82. The molecule has 0 saturated carbocycles. The molecule has 17 heavy (non-hydrogen) atoms. The van der Waals surface area contributed by atoms with Crippen LogP contribution in [0.15, 0.2) is 43.0 Å². The summed E-state index contributed by atoms with van der Waals surface area (Å²) in [5.74, 6) is 0.861. The van der Waals surface area contributed by atoms with Crippen molar-refractivity contribution < 1.29 is 4.74 Å². The Hall–Kier alpha value is -1.81. The number of ether oxygens (including phenoxy) is 1. The zero-order chi connectivity index (χ0) is 12.1. The first-order valence-electron chi connectivity index (χ1n) is 5.70. The lowest BCUT2D eigenvalue weighted by molar-refractivity contribution is 0.298. The molecule has 0 saturated heterocycles. The Balaban J connectivity index is 1.88. The van der Waals surface area contributed by atoms with Crippen LogP contribution >= 0.6 is 0 Å². The summed E-state index contributed by atoms with van der Waals surface area (Å²) in [6, 6.07) is 7.93. The topological polar surface area (TPSA) is 53.1 Å². The molecule has 4 heteroatoms. The lowest BCUT2D eigenvalue weighted by Gasteiger charge is -2.10. The molecule has 0 amide bonds. The van der Waals surface area contributed by atoms with Gasteiger partial charge in [-0.05, 0) is 24.6 Å². The Labute approximate surface area is 101 Å². The Morgan fingerprint density at radius 1 is 1.47 bits per heavy atom. The second kappa shape index (κ2) is 5.50. The normalized spacial score (nSPS) is 12.4. The molecule has 1 aromatic heterocycles. The summed E-state index contributed by atoms with van der Waals surface area (Å²) in [7, 11) is 0. The number of imidazole rings is 1. The van der Waals surface area contributed by atoms with Gasteiger partial charge in [-0.2, -0.15) is 0 Å². The van der Waals surface area contributed by atoms with E-state index in [0.717, 1.165) is 17.9 Å². The van der Waals surface area contributed by atoms with Gasteiger partial charge >= 0.3 is 0 Å². The number of benzene rings is 1. The van der Waals surface area contributed by atoms with Gasteiger partial charge in [0.25, 0.3) is 0 Å². The molecule has 0 radical (unpaired) electrons. The number of rotatable bonds is 5. The maximum absolute atomic E-state index is 5.82. The van der Waals surface area contributed by atoms with E-state index in [1.807, 2.05) is 42.0 Å². The molecule has 1 unspecified atom stereocenters. The molecule has 1 heterocycles. The van der Waals surface area contributed by atoms with Gasteiger partial charge in [-0.1, -0.05) is 12.1 Å². The van der Waals surface area contributed by atoms with Gasteiger partial charge in [-0.15, -0.1) is 0 Å². The predicted molar refractivity (Wildman–Crippen MR) is 66.8 cm³/mol. The van der Waals surface area contributed by atoms with E-state index in [4.69, 9.17) is 10.5 Å².